The van der Waals surface area contributed by atoms with Crippen LogP contribution >= 0.6 is 12.4 Å². The first-order valence-electron chi connectivity index (χ1n) is 8.70. The van der Waals surface area contributed by atoms with Crippen LogP contribution in [-0.2, 0) is 14.8 Å². The van der Waals surface area contributed by atoms with Crippen molar-refractivity contribution >= 4 is 28.3 Å². The largest absolute Gasteiger partial charge is 0.494 e. The Morgan fingerprint density at radius 3 is 2.62 bits per heavy atom. The van der Waals surface area contributed by atoms with Crippen molar-refractivity contribution in [2.75, 3.05) is 26.2 Å². The molecule has 1 aromatic carbocycles. The Morgan fingerprint density at radius 2 is 2.00 bits per heavy atom. The highest BCUT2D eigenvalue weighted by Crippen LogP contribution is 2.18. The van der Waals surface area contributed by atoms with Crippen LogP contribution in [0.5, 0.6) is 5.75 Å². The number of hydrogen-bond acceptors (Lipinski definition) is 5. The summed E-state index contributed by atoms with van der Waals surface area (Å²) in [6.45, 7) is 3.60. The van der Waals surface area contributed by atoms with Gasteiger partial charge in [0.2, 0.25) is 15.9 Å². The Morgan fingerprint density at radius 1 is 1.31 bits per heavy atom. The van der Waals surface area contributed by atoms with E-state index < -0.39 is 10.0 Å². The zero-order valence-electron chi connectivity index (χ0n) is 15.0. The summed E-state index contributed by atoms with van der Waals surface area (Å²) in [5, 5.41) is 0. The zero-order valence-corrected chi connectivity index (χ0v) is 16.7. The van der Waals surface area contributed by atoms with Crippen molar-refractivity contribution in [3.63, 3.8) is 0 Å². The van der Waals surface area contributed by atoms with E-state index in [1.54, 1.807) is 17.0 Å². The van der Waals surface area contributed by atoms with Crippen molar-refractivity contribution in [3.05, 3.63) is 24.3 Å². The molecule has 1 amide bonds. The molecule has 7 nitrogen and oxygen atoms in total. The van der Waals surface area contributed by atoms with E-state index in [-0.39, 0.29) is 42.2 Å². The van der Waals surface area contributed by atoms with Gasteiger partial charge in [0.05, 0.1) is 11.5 Å². The van der Waals surface area contributed by atoms with Crippen molar-refractivity contribution in [1.29, 1.82) is 0 Å². The fourth-order valence-electron chi connectivity index (χ4n) is 2.97. The number of nitrogens with zero attached hydrogens (tertiary/aromatic N) is 1. The van der Waals surface area contributed by atoms with E-state index in [1.165, 1.54) is 12.1 Å². The number of hydrogen-bond donors (Lipinski definition) is 2. The molecule has 0 radical (unpaired) electrons. The van der Waals surface area contributed by atoms with Gasteiger partial charge >= 0.3 is 0 Å². The average Bonchev–Trinajstić information content (AvgIpc) is 2.62. The molecule has 26 heavy (non-hydrogen) atoms. The molecule has 1 unspecified atom stereocenters. The van der Waals surface area contributed by atoms with Gasteiger partial charge in [-0.05, 0) is 50.5 Å². The minimum atomic E-state index is -3.64. The molecule has 1 fully saturated rings. The van der Waals surface area contributed by atoms with E-state index in [9.17, 15) is 13.2 Å². The van der Waals surface area contributed by atoms with Crippen molar-refractivity contribution in [2.24, 2.45) is 5.73 Å². The van der Waals surface area contributed by atoms with Crippen LogP contribution in [0.15, 0.2) is 29.2 Å². The van der Waals surface area contributed by atoms with Gasteiger partial charge in [0.25, 0.3) is 0 Å². The van der Waals surface area contributed by atoms with E-state index in [0.29, 0.717) is 25.4 Å². The lowest BCUT2D eigenvalue weighted by atomic mass is 10.0. The number of nitrogens with one attached hydrogen (secondary N) is 1. The molecule has 3 N–H and O–H groups in total. The van der Waals surface area contributed by atoms with Gasteiger partial charge in [0, 0.05) is 32.1 Å². The number of amides is 1. The molecule has 1 heterocycles. The van der Waals surface area contributed by atoms with Gasteiger partial charge < -0.3 is 15.4 Å². The Bertz CT molecular complexity index is 667. The average molecular weight is 406 g/mol. The SMILES string of the molecule is CCOc1ccc(S(=O)(=O)NCCC(=O)N2CCCCC2CN)cc1.Cl. The molecule has 2 rings (SSSR count). The summed E-state index contributed by atoms with van der Waals surface area (Å²) in [7, 11) is -3.64. The standard InChI is InChI=1S/C17H27N3O4S.ClH/c1-2-24-15-6-8-16(9-7-15)25(22,23)19-11-10-17(21)20-12-4-3-5-14(20)13-18;/h6-9,14,19H,2-5,10-13,18H2,1H3;1H. The van der Waals surface area contributed by atoms with E-state index in [4.69, 9.17) is 10.5 Å². The van der Waals surface area contributed by atoms with Crippen LogP contribution in [0.25, 0.3) is 0 Å². The highest BCUT2D eigenvalue weighted by molar-refractivity contribution is 7.89. The van der Waals surface area contributed by atoms with Gasteiger partial charge in [-0.2, -0.15) is 0 Å². The molecule has 1 aliphatic rings. The summed E-state index contributed by atoms with van der Waals surface area (Å²) in [6.07, 6.45) is 3.10. The Balaban J connectivity index is 0.00000338. The minimum Gasteiger partial charge on any atom is -0.494 e. The Labute approximate surface area is 161 Å². The van der Waals surface area contributed by atoms with Crippen LogP contribution in [0.4, 0.5) is 0 Å². The summed E-state index contributed by atoms with van der Waals surface area (Å²) in [5.74, 6) is 0.569. The normalized spacial score (nSPS) is 17.5. The van der Waals surface area contributed by atoms with Crippen LogP contribution in [0.3, 0.4) is 0 Å². The van der Waals surface area contributed by atoms with Gasteiger partial charge in [0.15, 0.2) is 0 Å². The van der Waals surface area contributed by atoms with Crippen molar-refractivity contribution in [2.45, 2.75) is 43.5 Å². The molecule has 0 aromatic heterocycles. The molecule has 0 spiro atoms. The quantitative estimate of drug-likeness (QED) is 0.682. The minimum absolute atomic E-state index is 0. The van der Waals surface area contributed by atoms with Crippen molar-refractivity contribution in [3.8, 4) is 5.75 Å². The molecule has 1 atom stereocenters. The zero-order chi connectivity index (χ0) is 18.3. The summed E-state index contributed by atoms with van der Waals surface area (Å²) < 4.78 is 32.3. The third kappa shape index (κ3) is 6.12. The van der Waals surface area contributed by atoms with Crippen LogP contribution < -0.4 is 15.2 Å². The van der Waals surface area contributed by atoms with Crippen LogP contribution in [-0.4, -0.2) is 51.5 Å². The topological polar surface area (TPSA) is 102 Å². The lowest BCUT2D eigenvalue weighted by Crippen LogP contribution is -2.48. The fraction of sp³-hybridized carbons (Fsp3) is 0.588. The maximum atomic E-state index is 12.3. The first-order valence-corrected chi connectivity index (χ1v) is 10.2. The van der Waals surface area contributed by atoms with Gasteiger partial charge in [-0.15, -0.1) is 12.4 Å². The van der Waals surface area contributed by atoms with E-state index in [0.717, 1.165) is 19.3 Å². The number of carbonyl (C=O) groups is 1. The van der Waals surface area contributed by atoms with Gasteiger partial charge in [0.1, 0.15) is 5.75 Å². The monoisotopic (exact) mass is 405 g/mol. The van der Waals surface area contributed by atoms with E-state index in [2.05, 4.69) is 4.72 Å². The molecule has 0 bridgehead atoms. The maximum absolute atomic E-state index is 12.3. The smallest absolute Gasteiger partial charge is 0.240 e. The number of likely N-dealkylation sites (tertiary alicyclic amines) is 1. The van der Waals surface area contributed by atoms with Crippen LogP contribution in [0.1, 0.15) is 32.6 Å². The van der Waals surface area contributed by atoms with E-state index in [1.807, 2.05) is 6.92 Å². The number of piperidine rings is 1. The summed E-state index contributed by atoms with van der Waals surface area (Å²) >= 11 is 0. The highest BCUT2D eigenvalue weighted by Gasteiger charge is 2.25. The number of sulfonamides is 1. The molecule has 1 saturated heterocycles. The first kappa shape index (κ1) is 22.7. The van der Waals surface area contributed by atoms with Crippen LogP contribution in [0, 0.1) is 0 Å². The number of ether oxygens (including phenoxy) is 1. The summed E-state index contributed by atoms with van der Waals surface area (Å²) in [5.41, 5.74) is 5.72. The Kier molecular flexibility index (Phi) is 9.35. The third-order valence-corrected chi connectivity index (χ3v) is 5.77. The van der Waals surface area contributed by atoms with Gasteiger partial charge in [-0.25, -0.2) is 13.1 Å². The first-order chi connectivity index (χ1) is 12.0. The van der Waals surface area contributed by atoms with Crippen molar-refractivity contribution < 1.29 is 17.9 Å². The molecular weight excluding hydrogens is 378 g/mol. The number of rotatable bonds is 8. The maximum Gasteiger partial charge on any atom is 0.240 e. The molecule has 0 saturated carbocycles. The van der Waals surface area contributed by atoms with E-state index >= 15 is 0 Å². The second-order valence-corrected chi connectivity index (χ2v) is 7.79. The predicted octanol–water partition coefficient (Wildman–Crippen LogP) is 1.52. The van der Waals surface area contributed by atoms with Gasteiger partial charge in [-0.1, -0.05) is 0 Å². The highest BCUT2D eigenvalue weighted by atomic mass is 35.5. The number of nitrogens with two attached hydrogens (primary N) is 1. The molecule has 148 valence electrons. The summed E-state index contributed by atoms with van der Waals surface area (Å²) in [6, 6.07) is 6.28. The number of halogens is 1. The Hall–Kier alpha value is -1.35. The second kappa shape index (κ2) is 10.7. The third-order valence-electron chi connectivity index (χ3n) is 4.30. The molecule has 9 heteroatoms. The molecular formula is C17H28ClN3O4S. The predicted molar refractivity (Wildman–Crippen MR) is 103 cm³/mol. The number of benzene rings is 1. The lowest BCUT2D eigenvalue weighted by molar-refractivity contribution is -0.134. The van der Waals surface area contributed by atoms with Crippen molar-refractivity contribution in [1.82, 2.24) is 9.62 Å². The molecule has 0 aliphatic carbocycles. The molecule has 1 aliphatic heterocycles. The van der Waals surface area contributed by atoms with Gasteiger partial charge in [-0.3, -0.25) is 4.79 Å². The fourth-order valence-corrected chi connectivity index (χ4v) is 4.01. The van der Waals surface area contributed by atoms with Crippen LogP contribution in [0.2, 0.25) is 0 Å². The second-order valence-electron chi connectivity index (χ2n) is 6.02. The number of carbonyl (C=O) groups excluding carboxylic acids is 1. The summed E-state index contributed by atoms with van der Waals surface area (Å²) in [4.78, 5) is 14.3. The molecule has 1 aromatic rings. The lowest BCUT2D eigenvalue weighted by Gasteiger charge is -2.35.